The molecule has 42 heavy (non-hydrogen) atoms. The Hall–Kier alpha value is -4.06. The van der Waals surface area contributed by atoms with Crippen molar-refractivity contribution in [2.45, 2.75) is 56.4 Å². The Morgan fingerprint density at radius 3 is 2.67 bits per heavy atom. The smallest absolute Gasteiger partial charge is 0.349 e. The summed E-state index contributed by atoms with van der Waals surface area (Å²) >= 11 is 2.92. The van der Waals surface area contributed by atoms with E-state index in [9.17, 15) is 20.0 Å². The van der Waals surface area contributed by atoms with Crippen LogP contribution >= 0.6 is 23.1 Å². The minimum absolute atomic E-state index is 0.186. The highest BCUT2D eigenvalue weighted by Crippen LogP contribution is 2.52. The van der Waals surface area contributed by atoms with Gasteiger partial charge in [-0.1, -0.05) is 55.0 Å². The number of nitrogens with zero attached hydrogens (tertiary/aromatic N) is 3. The van der Waals surface area contributed by atoms with Gasteiger partial charge < -0.3 is 10.0 Å². The molecule has 3 atom stereocenters. The number of carboxylic acid groups (broad SMARTS) is 1. The molecule has 2 aliphatic heterocycles. The van der Waals surface area contributed by atoms with E-state index < -0.39 is 11.5 Å². The number of benzene rings is 2. The fourth-order valence-electron chi connectivity index (χ4n) is 6.26. The Morgan fingerprint density at radius 1 is 1.14 bits per heavy atom. The minimum atomic E-state index is -1.32. The number of fused-ring (bicyclic) bond motifs is 3. The standard InChI is InChI=1S/C34H31N3O3S2/c1-2-36-32(38)31(42-33(36)28(21-35)34(39)40)20-23-14-17-30-27(19-23)26-10-5-11-29(26)37(30)24-15-12-22(13-16-24)7-3-4-8-25-9-6-18-41-25/h3-4,6-8,12-20,25-26,29H,2,5,9-11H2,1H3,(H,39,40)/b7-3?,8-4?,31-20-,33-28+. The second-order valence-corrected chi connectivity index (χ2v) is 12.8. The van der Waals surface area contributed by atoms with Crippen molar-refractivity contribution >= 4 is 58.2 Å². The fraction of sp³-hybridized carbons (Fsp3) is 0.265. The van der Waals surface area contributed by atoms with Gasteiger partial charge >= 0.3 is 5.97 Å². The minimum Gasteiger partial charge on any atom is -0.477 e. The van der Waals surface area contributed by atoms with Crippen LogP contribution in [-0.2, 0) is 11.3 Å². The molecule has 3 aliphatic rings. The lowest BCUT2D eigenvalue weighted by Gasteiger charge is -2.27. The van der Waals surface area contributed by atoms with Crippen LogP contribution in [0.3, 0.4) is 0 Å². The molecule has 0 amide bonds. The molecule has 1 saturated carbocycles. The van der Waals surface area contributed by atoms with Gasteiger partial charge in [0.05, 0.1) is 4.53 Å². The van der Waals surface area contributed by atoms with Crippen LogP contribution in [0.25, 0.3) is 17.7 Å². The predicted molar refractivity (Wildman–Crippen MR) is 172 cm³/mol. The molecule has 0 bridgehead atoms. The number of carboxylic acids is 1. The number of hydrogen-bond donors (Lipinski definition) is 1. The third kappa shape index (κ3) is 5.31. The normalized spacial score (nSPS) is 22.2. The number of thiazole rings is 1. The van der Waals surface area contributed by atoms with Crippen LogP contribution in [0.1, 0.15) is 55.2 Å². The van der Waals surface area contributed by atoms with Crippen molar-refractivity contribution in [1.82, 2.24) is 4.57 Å². The third-order valence-electron chi connectivity index (χ3n) is 8.20. The molecular formula is C34H31N3O3S2. The Morgan fingerprint density at radius 2 is 1.95 bits per heavy atom. The van der Waals surface area contributed by atoms with E-state index in [0.717, 1.165) is 36.2 Å². The lowest BCUT2D eigenvalue weighted by Crippen LogP contribution is -2.32. The lowest BCUT2D eigenvalue weighted by molar-refractivity contribution is -0.130. The number of hydrogen-bond acceptors (Lipinski definition) is 6. The molecule has 1 aromatic heterocycles. The molecule has 0 radical (unpaired) electrons. The predicted octanol–water partition coefficient (Wildman–Crippen LogP) is 5.89. The maximum atomic E-state index is 13.1. The topological polar surface area (TPSA) is 86.3 Å². The summed E-state index contributed by atoms with van der Waals surface area (Å²) in [7, 11) is 0. The van der Waals surface area contributed by atoms with E-state index in [1.165, 1.54) is 33.5 Å². The maximum absolute atomic E-state index is 13.1. The van der Waals surface area contributed by atoms with Crippen molar-refractivity contribution in [2.75, 3.05) is 4.90 Å². The second-order valence-electron chi connectivity index (χ2n) is 10.7. The van der Waals surface area contributed by atoms with Gasteiger partial charge in [-0.3, -0.25) is 9.36 Å². The molecule has 3 heterocycles. The van der Waals surface area contributed by atoms with Crippen LogP contribution in [0.15, 0.2) is 77.0 Å². The molecule has 6 nitrogen and oxygen atoms in total. The highest BCUT2D eigenvalue weighted by Gasteiger charge is 2.42. The molecule has 0 spiro atoms. The van der Waals surface area contributed by atoms with Crippen molar-refractivity contribution in [1.29, 1.82) is 5.26 Å². The van der Waals surface area contributed by atoms with Crippen LogP contribution in [-0.4, -0.2) is 26.9 Å². The first-order valence-corrected chi connectivity index (χ1v) is 16.0. The average Bonchev–Trinajstić information content (AvgIpc) is 3.78. The number of carbonyl (C=O) groups is 1. The van der Waals surface area contributed by atoms with Crippen molar-refractivity contribution in [2.24, 2.45) is 0 Å². The molecule has 1 aliphatic carbocycles. The maximum Gasteiger partial charge on any atom is 0.349 e. The molecule has 2 aromatic carbocycles. The van der Waals surface area contributed by atoms with Crippen LogP contribution < -0.4 is 19.7 Å². The molecule has 3 aromatic rings. The number of aliphatic carboxylic acids is 1. The summed E-state index contributed by atoms with van der Waals surface area (Å²) in [4.78, 5) is 27.2. The summed E-state index contributed by atoms with van der Waals surface area (Å²) in [6.45, 7) is 2.07. The second kappa shape index (κ2) is 12.0. The Kier molecular flexibility index (Phi) is 8.05. The Bertz CT molecular complexity index is 1830. The van der Waals surface area contributed by atoms with Gasteiger partial charge in [0, 0.05) is 35.1 Å². The molecular weight excluding hydrogens is 563 g/mol. The van der Waals surface area contributed by atoms with Gasteiger partial charge in [0.1, 0.15) is 10.7 Å². The van der Waals surface area contributed by atoms with Gasteiger partial charge in [-0.05, 0) is 78.6 Å². The largest absolute Gasteiger partial charge is 0.477 e. The third-order valence-corrected chi connectivity index (χ3v) is 10.4. The summed E-state index contributed by atoms with van der Waals surface area (Å²) in [5.74, 6) is -0.896. The summed E-state index contributed by atoms with van der Waals surface area (Å²) < 4.78 is 1.98. The summed E-state index contributed by atoms with van der Waals surface area (Å²) in [6.07, 6.45) is 17.2. The zero-order chi connectivity index (χ0) is 29.2. The van der Waals surface area contributed by atoms with Crippen LogP contribution in [0, 0.1) is 11.3 Å². The highest BCUT2D eigenvalue weighted by atomic mass is 32.2. The molecule has 6 rings (SSSR count). The first kappa shape index (κ1) is 28.1. The van der Waals surface area contributed by atoms with E-state index in [-0.39, 0.29) is 10.2 Å². The van der Waals surface area contributed by atoms with Gasteiger partial charge in [0.25, 0.3) is 5.56 Å². The van der Waals surface area contributed by atoms with E-state index in [2.05, 4.69) is 77.1 Å². The molecule has 1 fully saturated rings. The van der Waals surface area contributed by atoms with Crippen LogP contribution in [0.5, 0.6) is 0 Å². The van der Waals surface area contributed by atoms with Crippen LogP contribution in [0.2, 0.25) is 0 Å². The van der Waals surface area contributed by atoms with E-state index in [4.69, 9.17) is 0 Å². The summed E-state index contributed by atoms with van der Waals surface area (Å²) in [5.41, 5.74) is 5.08. The van der Waals surface area contributed by atoms with Crippen molar-refractivity contribution < 1.29 is 9.90 Å². The molecule has 1 N–H and O–H groups in total. The lowest BCUT2D eigenvalue weighted by atomic mass is 9.96. The van der Waals surface area contributed by atoms with Gasteiger partial charge in [-0.15, -0.1) is 23.1 Å². The zero-order valence-corrected chi connectivity index (χ0v) is 24.9. The number of nitriles is 1. The molecule has 0 saturated heterocycles. The van der Waals surface area contributed by atoms with E-state index in [1.807, 2.05) is 23.9 Å². The van der Waals surface area contributed by atoms with Crippen LogP contribution in [0.4, 0.5) is 11.4 Å². The Balaban J connectivity index is 1.30. The van der Waals surface area contributed by atoms with E-state index >= 15 is 0 Å². The number of allylic oxidation sites excluding steroid dienone is 3. The molecule has 8 heteroatoms. The fourth-order valence-corrected chi connectivity index (χ4v) is 8.24. The van der Waals surface area contributed by atoms with Crippen molar-refractivity contribution in [3.8, 4) is 6.07 Å². The van der Waals surface area contributed by atoms with Gasteiger partial charge in [0.2, 0.25) is 0 Å². The number of thioether (sulfide) groups is 1. The quantitative estimate of drug-likeness (QED) is 0.344. The summed E-state index contributed by atoms with van der Waals surface area (Å²) in [5, 5.41) is 21.5. The summed E-state index contributed by atoms with van der Waals surface area (Å²) in [6, 6.07) is 17.3. The first-order chi connectivity index (χ1) is 20.5. The Labute approximate surface area is 252 Å². The van der Waals surface area contributed by atoms with E-state index in [1.54, 1.807) is 13.0 Å². The van der Waals surface area contributed by atoms with Gasteiger partial charge in [0.15, 0.2) is 5.57 Å². The monoisotopic (exact) mass is 593 g/mol. The van der Waals surface area contributed by atoms with Crippen molar-refractivity contribution in [3.63, 3.8) is 0 Å². The molecule has 3 unspecified atom stereocenters. The molecule has 212 valence electrons. The van der Waals surface area contributed by atoms with E-state index in [0.29, 0.717) is 28.3 Å². The SMILES string of the molecule is CCn1c(=O)/c(=C/c2ccc3c(c2)C2CCCC2N3c2ccc(C=CC=CC3CC=CS3)cc2)s/c1=C(\C#N)C(=O)O. The zero-order valence-electron chi connectivity index (χ0n) is 23.3. The highest BCUT2D eigenvalue weighted by molar-refractivity contribution is 8.03. The number of anilines is 2. The van der Waals surface area contributed by atoms with Gasteiger partial charge in [-0.25, -0.2) is 4.79 Å². The number of rotatable bonds is 7. The first-order valence-electron chi connectivity index (χ1n) is 14.3. The average molecular weight is 594 g/mol. The van der Waals surface area contributed by atoms with Crippen molar-refractivity contribution in [3.05, 3.63) is 108 Å². The number of aromatic nitrogens is 1. The van der Waals surface area contributed by atoms with Gasteiger partial charge in [-0.2, -0.15) is 5.26 Å².